The van der Waals surface area contributed by atoms with Crippen LogP contribution >= 0.6 is 12.6 Å². The molecular weight excluding hydrogens is 152 g/mol. The Balaban J connectivity index is 2.05. The molecule has 3 unspecified atom stereocenters. The minimum Gasteiger partial charge on any atom is -0.179 e. The first-order valence-corrected chi connectivity index (χ1v) is 5.48. The Kier molecular flexibility index (Phi) is 1.95. The maximum absolute atomic E-state index is 4.44. The molecule has 64 valence electrons. The van der Waals surface area contributed by atoms with Gasteiger partial charge in [0.05, 0.1) is 0 Å². The van der Waals surface area contributed by atoms with Crippen molar-refractivity contribution in [3.8, 4) is 0 Å². The smallest absolute Gasteiger partial charge is 0.00643 e. The van der Waals surface area contributed by atoms with Crippen LogP contribution < -0.4 is 0 Å². The third-order valence-corrected chi connectivity index (χ3v) is 4.37. The van der Waals surface area contributed by atoms with Gasteiger partial charge in [-0.15, -0.1) is 0 Å². The first kappa shape index (κ1) is 7.97. The Bertz CT molecular complexity index is 155. The third kappa shape index (κ3) is 1.22. The number of hydrogen-bond acceptors (Lipinski definition) is 1. The van der Waals surface area contributed by atoms with Crippen molar-refractivity contribution in [1.82, 2.24) is 0 Å². The molecule has 0 heterocycles. The molecule has 2 saturated carbocycles. The van der Waals surface area contributed by atoms with E-state index >= 15 is 0 Å². The predicted octanol–water partition coefficient (Wildman–Crippen LogP) is 2.84. The molecule has 0 saturated heterocycles. The zero-order valence-corrected chi connectivity index (χ0v) is 8.35. The summed E-state index contributed by atoms with van der Waals surface area (Å²) in [6.07, 6.45) is 3.01. The summed E-state index contributed by atoms with van der Waals surface area (Å²) in [5.74, 6) is 6.10. The van der Waals surface area contributed by atoms with E-state index in [-0.39, 0.29) is 0 Å². The lowest BCUT2D eigenvalue weighted by Crippen LogP contribution is -2.27. The number of rotatable bonds is 1. The van der Waals surface area contributed by atoms with Gasteiger partial charge in [0, 0.05) is 0 Å². The summed E-state index contributed by atoms with van der Waals surface area (Å²) < 4.78 is 0. The van der Waals surface area contributed by atoms with Crippen molar-refractivity contribution in [2.24, 2.45) is 29.6 Å². The van der Waals surface area contributed by atoms with Crippen LogP contribution in [0.5, 0.6) is 0 Å². The van der Waals surface area contributed by atoms with E-state index in [0.29, 0.717) is 0 Å². The van der Waals surface area contributed by atoms with E-state index in [9.17, 15) is 0 Å². The molecule has 2 aliphatic rings. The van der Waals surface area contributed by atoms with Gasteiger partial charge in [0.1, 0.15) is 0 Å². The summed E-state index contributed by atoms with van der Waals surface area (Å²) in [7, 11) is 0. The van der Waals surface area contributed by atoms with Crippen LogP contribution in [0.4, 0.5) is 0 Å². The van der Waals surface area contributed by atoms with Gasteiger partial charge in [-0.05, 0) is 48.2 Å². The minimum atomic E-state index is 0.905. The highest BCUT2D eigenvalue weighted by Crippen LogP contribution is 2.56. The normalized spacial score (nSPS) is 55.4. The van der Waals surface area contributed by atoms with E-state index in [2.05, 4.69) is 26.5 Å². The second-order valence-electron chi connectivity index (χ2n) is 4.58. The third-order valence-electron chi connectivity index (χ3n) is 3.94. The molecule has 0 nitrogen and oxygen atoms in total. The SMILES string of the molecule is C[C@@H]1C2CC2C[C@H](C)C1CS. The number of hydrogen-bond donors (Lipinski definition) is 1. The van der Waals surface area contributed by atoms with Crippen molar-refractivity contribution in [2.75, 3.05) is 5.75 Å². The van der Waals surface area contributed by atoms with Gasteiger partial charge in [0.15, 0.2) is 0 Å². The maximum Gasteiger partial charge on any atom is -0.00643 e. The van der Waals surface area contributed by atoms with Crippen LogP contribution in [-0.4, -0.2) is 5.75 Å². The topological polar surface area (TPSA) is 0 Å². The van der Waals surface area contributed by atoms with Crippen LogP contribution in [0.25, 0.3) is 0 Å². The second kappa shape index (κ2) is 2.69. The first-order valence-electron chi connectivity index (χ1n) is 4.85. The molecule has 0 radical (unpaired) electrons. The molecule has 0 N–H and O–H groups in total. The van der Waals surface area contributed by atoms with Gasteiger partial charge in [-0.25, -0.2) is 0 Å². The zero-order valence-electron chi connectivity index (χ0n) is 7.46. The fraction of sp³-hybridized carbons (Fsp3) is 1.00. The molecule has 2 aliphatic carbocycles. The lowest BCUT2D eigenvalue weighted by Gasteiger charge is -2.33. The Hall–Kier alpha value is 0.350. The lowest BCUT2D eigenvalue weighted by atomic mass is 9.75. The van der Waals surface area contributed by atoms with Crippen molar-refractivity contribution in [3.63, 3.8) is 0 Å². The standard InChI is InChI=1S/C10H18S/c1-6-3-8-4-9(8)7(2)10(6)5-11/h6-11H,3-5H2,1-2H3/t6-,7+,8?,9?,10?/m0/s1. The monoisotopic (exact) mass is 170 g/mol. The quantitative estimate of drug-likeness (QED) is 0.575. The average Bonchev–Trinajstić information content (AvgIpc) is 2.68. The molecular formula is C10H18S. The molecule has 5 atom stereocenters. The van der Waals surface area contributed by atoms with Crippen molar-refractivity contribution >= 4 is 12.6 Å². The van der Waals surface area contributed by atoms with Crippen LogP contribution in [-0.2, 0) is 0 Å². The van der Waals surface area contributed by atoms with Crippen molar-refractivity contribution in [2.45, 2.75) is 26.7 Å². The Morgan fingerprint density at radius 2 is 2.00 bits per heavy atom. The van der Waals surface area contributed by atoms with E-state index in [1.54, 1.807) is 0 Å². The summed E-state index contributed by atoms with van der Waals surface area (Å²) in [4.78, 5) is 0. The molecule has 0 aromatic carbocycles. The molecule has 0 bridgehead atoms. The van der Waals surface area contributed by atoms with Gasteiger partial charge in [0.2, 0.25) is 0 Å². The zero-order chi connectivity index (χ0) is 8.01. The lowest BCUT2D eigenvalue weighted by molar-refractivity contribution is 0.189. The van der Waals surface area contributed by atoms with E-state index in [1.165, 1.54) is 12.8 Å². The molecule has 0 aromatic heterocycles. The maximum atomic E-state index is 4.44. The van der Waals surface area contributed by atoms with Crippen LogP contribution in [0.2, 0.25) is 0 Å². The molecule has 2 rings (SSSR count). The van der Waals surface area contributed by atoms with Crippen molar-refractivity contribution in [1.29, 1.82) is 0 Å². The van der Waals surface area contributed by atoms with Gasteiger partial charge in [-0.2, -0.15) is 12.6 Å². The van der Waals surface area contributed by atoms with Crippen LogP contribution in [0.3, 0.4) is 0 Å². The fourth-order valence-corrected chi connectivity index (χ4v) is 3.71. The highest BCUT2D eigenvalue weighted by atomic mass is 32.1. The van der Waals surface area contributed by atoms with Gasteiger partial charge in [0.25, 0.3) is 0 Å². The summed E-state index contributed by atoms with van der Waals surface area (Å²) in [6, 6.07) is 0. The summed E-state index contributed by atoms with van der Waals surface area (Å²) in [6.45, 7) is 4.84. The van der Waals surface area contributed by atoms with Crippen molar-refractivity contribution in [3.05, 3.63) is 0 Å². The Morgan fingerprint density at radius 3 is 2.64 bits per heavy atom. The molecule has 0 aromatic rings. The molecule has 11 heavy (non-hydrogen) atoms. The van der Waals surface area contributed by atoms with Crippen LogP contribution in [0, 0.1) is 29.6 Å². The number of fused-ring (bicyclic) bond motifs is 1. The van der Waals surface area contributed by atoms with Crippen LogP contribution in [0.15, 0.2) is 0 Å². The summed E-state index contributed by atoms with van der Waals surface area (Å²) in [5, 5.41) is 0. The molecule has 0 aliphatic heterocycles. The molecule has 0 amide bonds. The van der Waals surface area contributed by atoms with Crippen molar-refractivity contribution < 1.29 is 0 Å². The van der Waals surface area contributed by atoms with E-state index in [0.717, 1.165) is 35.3 Å². The van der Waals surface area contributed by atoms with E-state index < -0.39 is 0 Å². The Morgan fingerprint density at radius 1 is 1.27 bits per heavy atom. The average molecular weight is 170 g/mol. The van der Waals surface area contributed by atoms with Crippen LogP contribution in [0.1, 0.15) is 26.7 Å². The van der Waals surface area contributed by atoms with E-state index in [4.69, 9.17) is 0 Å². The fourth-order valence-electron chi connectivity index (χ4n) is 3.02. The number of thiol groups is 1. The minimum absolute atomic E-state index is 0.905. The predicted molar refractivity (Wildman–Crippen MR) is 51.9 cm³/mol. The van der Waals surface area contributed by atoms with E-state index in [1.807, 2.05) is 0 Å². The molecule has 1 heteroatoms. The van der Waals surface area contributed by atoms with Gasteiger partial charge in [-0.3, -0.25) is 0 Å². The largest absolute Gasteiger partial charge is 0.179 e. The molecule has 2 fully saturated rings. The summed E-state index contributed by atoms with van der Waals surface area (Å²) in [5.41, 5.74) is 0. The first-order chi connectivity index (χ1) is 5.24. The second-order valence-corrected chi connectivity index (χ2v) is 4.94. The van der Waals surface area contributed by atoms with Gasteiger partial charge >= 0.3 is 0 Å². The highest BCUT2D eigenvalue weighted by Gasteiger charge is 2.49. The Labute approximate surface area is 75.2 Å². The summed E-state index contributed by atoms with van der Waals surface area (Å²) >= 11 is 4.44. The highest BCUT2D eigenvalue weighted by molar-refractivity contribution is 7.80. The molecule has 0 spiro atoms. The van der Waals surface area contributed by atoms with Gasteiger partial charge in [-0.1, -0.05) is 13.8 Å². The van der Waals surface area contributed by atoms with Gasteiger partial charge < -0.3 is 0 Å².